The SMILES string of the molecule is Fc1cccc(NSc2c(F)cc(N3CCC(CN4CC5(CCCO5)C4)C3)c(Cl)c2F)n1. The van der Waals surface area contributed by atoms with Crippen molar-refractivity contribution < 1.29 is 17.9 Å². The zero-order valence-corrected chi connectivity index (χ0v) is 19.0. The first kappa shape index (κ1) is 22.1. The molecule has 1 aromatic heterocycles. The Kier molecular flexibility index (Phi) is 6.17. The fourth-order valence-electron chi connectivity index (χ4n) is 4.93. The van der Waals surface area contributed by atoms with Crippen molar-refractivity contribution in [3.05, 3.63) is 46.9 Å². The van der Waals surface area contributed by atoms with Gasteiger partial charge in [0, 0.05) is 45.4 Å². The number of rotatable bonds is 6. The molecule has 5 nitrogen and oxygen atoms in total. The second-order valence-corrected chi connectivity index (χ2v) is 9.98. The molecule has 3 aliphatic heterocycles. The summed E-state index contributed by atoms with van der Waals surface area (Å²) < 4.78 is 51.4. The second-order valence-electron chi connectivity index (χ2n) is 8.79. The summed E-state index contributed by atoms with van der Waals surface area (Å²) in [7, 11) is 0. The Morgan fingerprint density at radius 2 is 2.12 bits per heavy atom. The van der Waals surface area contributed by atoms with Crippen LogP contribution in [-0.4, -0.2) is 54.8 Å². The average Bonchev–Trinajstić information content (AvgIpc) is 3.41. The molecule has 172 valence electrons. The lowest BCUT2D eigenvalue weighted by atomic mass is 9.90. The van der Waals surface area contributed by atoms with Crippen molar-refractivity contribution >= 4 is 35.1 Å². The van der Waals surface area contributed by atoms with E-state index < -0.39 is 17.6 Å². The zero-order valence-electron chi connectivity index (χ0n) is 17.4. The molecule has 10 heteroatoms. The van der Waals surface area contributed by atoms with Crippen molar-refractivity contribution in [1.29, 1.82) is 0 Å². The van der Waals surface area contributed by atoms with E-state index in [1.54, 1.807) is 0 Å². The molecule has 1 N–H and O–H groups in total. The molecule has 32 heavy (non-hydrogen) atoms. The third kappa shape index (κ3) is 4.40. The van der Waals surface area contributed by atoms with Crippen LogP contribution in [0.15, 0.2) is 29.2 Å². The van der Waals surface area contributed by atoms with Gasteiger partial charge in [-0.2, -0.15) is 4.39 Å². The van der Waals surface area contributed by atoms with Gasteiger partial charge in [0.05, 0.1) is 11.3 Å². The third-order valence-corrected chi connectivity index (χ3v) is 7.67. The molecule has 0 saturated carbocycles. The number of aromatic nitrogens is 1. The molecule has 2 aromatic rings. The van der Waals surface area contributed by atoms with Crippen LogP contribution in [0, 0.1) is 23.5 Å². The molecule has 3 fully saturated rings. The van der Waals surface area contributed by atoms with Crippen LogP contribution in [0.2, 0.25) is 5.02 Å². The first-order valence-corrected chi connectivity index (χ1v) is 12.0. The molecule has 1 unspecified atom stereocenters. The summed E-state index contributed by atoms with van der Waals surface area (Å²) in [4.78, 5) is 7.71. The van der Waals surface area contributed by atoms with E-state index in [4.69, 9.17) is 16.3 Å². The summed E-state index contributed by atoms with van der Waals surface area (Å²) in [5.74, 6) is -1.65. The number of pyridine rings is 1. The molecule has 4 heterocycles. The van der Waals surface area contributed by atoms with Crippen LogP contribution in [-0.2, 0) is 4.74 Å². The van der Waals surface area contributed by atoms with Crippen LogP contribution in [0.25, 0.3) is 0 Å². The maximum Gasteiger partial charge on any atom is 0.214 e. The molecule has 3 aliphatic rings. The quantitative estimate of drug-likeness (QED) is 0.355. The summed E-state index contributed by atoms with van der Waals surface area (Å²) in [6.45, 7) is 5.20. The number of hydrogen-bond acceptors (Lipinski definition) is 6. The smallest absolute Gasteiger partial charge is 0.214 e. The van der Waals surface area contributed by atoms with E-state index >= 15 is 0 Å². The standard InChI is InChI=1S/C22H24ClF3N4OS/c23-19-16(9-15(24)21(20(19)26)32-28-18-4-1-3-17(25)27-18)30-7-5-14(11-30)10-29-12-22(13-29)6-2-8-31-22/h1,3-4,9,14H,2,5-8,10-13H2,(H,27,28). The maximum absolute atomic E-state index is 14.9. The molecular weight excluding hydrogens is 461 g/mol. The van der Waals surface area contributed by atoms with Crippen molar-refractivity contribution in [3.8, 4) is 0 Å². The summed E-state index contributed by atoms with van der Waals surface area (Å²) in [6, 6.07) is 5.43. The molecule has 0 aliphatic carbocycles. The van der Waals surface area contributed by atoms with Gasteiger partial charge in [0.15, 0.2) is 5.82 Å². The molecular formula is C22H24ClF3N4OS. The van der Waals surface area contributed by atoms with Gasteiger partial charge in [-0.25, -0.2) is 13.8 Å². The van der Waals surface area contributed by atoms with E-state index in [0.717, 1.165) is 45.5 Å². The average molecular weight is 485 g/mol. The van der Waals surface area contributed by atoms with Crippen LogP contribution < -0.4 is 9.62 Å². The summed E-state index contributed by atoms with van der Waals surface area (Å²) >= 11 is 6.98. The number of nitrogens with one attached hydrogen (secondary N) is 1. The fraction of sp³-hybridized carbons (Fsp3) is 0.500. The normalized spacial score (nSPS) is 22.5. The lowest BCUT2D eigenvalue weighted by Crippen LogP contribution is -2.62. The largest absolute Gasteiger partial charge is 0.372 e. The van der Waals surface area contributed by atoms with E-state index in [1.807, 2.05) is 4.90 Å². The zero-order chi connectivity index (χ0) is 22.3. The highest BCUT2D eigenvalue weighted by Crippen LogP contribution is 2.40. The Morgan fingerprint density at radius 1 is 1.28 bits per heavy atom. The Bertz CT molecular complexity index is 999. The summed E-state index contributed by atoms with van der Waals surface area (Å²) in [6.07, 6.45) is 3.24. The fourth-order valence-corrected chi connectivity index (χ4v) is 5.92. The predicted molar refractivity (Wildman–Crippen MR) is 120 cm³/mol. The van der Waals surface area contributed by atoms with Gasteiger partial charge < -0.3 is 14.4 Å². The molecule has 3 saturated heterocycles. The van der Waals surface area contributed by atoms with Crippen molar-refractivity contribution in [3.63, 3.8) is 0 Å². The van der Waals surface area contributed by atoms with Crippen LogP contribution in [0.5, 0.6) is 0 Å². The molecule has 1 aromatic carbocycles. The van der Waals surface area contributed by atoms with E-state index in [0.29, 0.717) is 36.6 Å². The van der Waals surface area contributed by atoms with Gasteiger partial charge in [0.2, 0.25) is 5.95 Å². The number of likely N-dealkylation sites (tertiary alicyclic amines) is 1. The Labute approximate surface area is 194 Å². The first-order valence-electron chi connectivity index (χ1n) is 10.8. The lowest BCUT2D eigenvalue weighted by Gasteiger charge is -2.48. The summed E-state index contributed by atoms with van der Waals surface area (Å²) in [5, 5.41) is -0.106. The van der Waals surface area contributed by atoms with Crippen LogP contribution in [0.1, 0.15) is 19.3 Å². The van der Waals surface area contributed by atoms with Crippen molar-refractivity contribution in [2.45, 2.75) is 29.8 Å². The molecule has 0 radical (unpaired) electrons. The molecule has 5 rings (SSSR count). The summed E-state index contributed by atoms with van der Waals surface area (Å²) in [5.41, 5.74) is 0.452. The molecule has 1 atom stereocenters. The van der Waals surface area contributed by atoms with E-state index in [-0.39, 0.29) is 21.3 Å². The minimum absolute atomic E-state index is 0.0798. The van der Waals surface area contributed by atoms with Gasteiger partial charge in [-0.3, -0.25) is 4.90 Å². The highest BCUT2D eigenvalue weighted by atomic mass is 35.5. The van der Waals surface area contributed by atoms with Gasteiger partial charge >= 0.3 is 0 Å². The minimum atomic E-state index is -0.831. The van der Waals surface area contributed by atoms with E-state index in [9.17, 15) is 13.2 Å². The van der Waals surface area contributed by atoms with Crippen molar-refractivity contribution in [2.24, 2.45) is 5.92 Å². The molecule has 0 amide bonds. The number of anilines is 2. The van der Waals surface area contributed by atoms with Gasteiger partial charge in [-0.05, 0) is 49.3 Å². The number of ether oxygens (including phenoxy) is 1. The predicted octanol–water partition coefficient (Wildman–Crippen LogP) is 4.96. The second kappa shape index (κ2) is 8.93. The van der Waals surface area contributed by atoms with Crippen molar-refractivity contribution in [1.82, 2.24) is 9.88 Å². The van der Waals surface area contributed by atoms with Gasteiger partial charge in [-0.15, -0.1) is 0 Å². The first-order chi connectivity index (χ1) is 15.4. The Balaban J connectivity index is 1.21. The van der Waals surface area contributed by atoms with E-state index in [1.165, 1.54) is 24.3 Å². The van der Waals surface area contributed by atoms with E-state index in [2.05, 4.69) is 14.6 Å². The van der Waals surface area contributed by atoms with Crippen LogP contribution in [0.4, 0.5) is 24.7 Å². The van der Waals surface area contributed by atoms with Gasteiger partial charge in [0.1, 0.15) is 21.6 Å². The number of hydrogen-bond donors (Lipinski definition) is 1. The number of nitrogens with zero attached hydrogens (tertiary/aromatic N) is 3. The Morgan fingerprint density at radius 3 is 2.88 bits per heavy atom. The maximum atomic E-state index is 14.9. The highest BCUT2D eigenvalue weighted by Gasteiger charge is 2.46. The van der Waals surface area contributed by atoms with Crippen molar-refractivity contribution in [2.75, 3.05) is 49.0 Å². The lowest BCUT2D eigenvalue weighted by molar-refractivity contribution is -0.114. The highest BCUT2D eigenvalue weighted by molar-refractivity contribution is 8.00. The molecule has 1 spiro atoms. The minimum Gasteiger partial charge on any atom is -0.372 e. The van der Waals surface area contributed by atoms with Crippen LogP contribution in [0.3, 0.4) is 0 Å². The third-order valence-electron chi connectivity index (χ3n) is 6.42. The number of benzene rings is 1. The topological polar surface area (TPSA) is 40.6 Å². The monoisotopic (exact) mass is 484 g/mol. The van der Waals surface area contributed by atoms with Gasteiger partial charge in [-0.1, -0.05) is 17.7 Å². The van der Waals surface area contributed by atoms with Crippen LogP contribution >= 0.6 is 23.5 Å². The number of halogens is 4. The molecule has 0 bridgehead atoms. The Hall–Kier alpha value is -1.68. The van der Waals surface area contributed by atoms with Gasteiger partial charge in [0.25, 0.3) is 0 Å².